The maximum absolute atomic E-state index is 5.74. The summed E-state index contributed by atoms with van der Waals surface area (Å²) in [6.45, 7) is 6.32. The highest BCUT2D eigenvalue weighted by Crippen LogP contribution is 2.30. The molecule has 2 rings (SSSR count). The van der Waals surface area contributed by atoms with Gasteiger partial charge in [0.2, 0.25) is 0 Å². The lowest BCUT2D eigenvalue weighted by Gasteiger charge is -2.40. The average Bonchev–Trinajstić information content (AvgIpc) is 2.05. The minimum Gasteiger partial charge on any atom is -0.375 e. The summed E-state index contributed by atoms with van der Waals surface area (Å²) < 4.78 is 11.5. The molecule has 0 aromatic heterocycles. The molecule has 4 unspecified atom stereocenters. The van der Waals surface area contributed by atoms with Crippen LogP contribution < -0.4 is 0 Å². The Hall–Kier alpha value is -0.0800. The van der Waals surface area contributed by atoms with E-state index < -0.39 is 0 Å². The lowest BCUT2D eigenvalue weighted by atomic mass is 9.89. The first kappa shape index (κ1) is 8.52. The van der Waals surface area contributed by atoms with Crippen LogP contribution in [0.1, 0.15) is 26.7 Å². The van der Waals surface area contributed by atoms with Gasteiger partial charge >= 0.3 is 0 Å². The lowest BCUT2D eigenvalue weighted by molar-refractivity contribution is -0.162. The van der Waals surface area contributed by atoms with Gasteiger partial charge in [-0.2, -0.15) is 0 Å². The van der Waals surface area contributed by atoms with Crippen LogP contribution in [0.2, 0.25) is 0 Å². The lowest BCUT2D eigenvalue weighted by Crippen LogP contribution is -2.45. The summed E-state index contributed by atoms with van der Waals surface area (Å²) >= 11 is 0. The molecule has 0 aromatic rings. The van der Waals surface area contributed by atoms with Crippen LogP contribution in [-0.4, -0.2) is 25.4 Å². The van der Waals surface area contributed by atoms with E-state index in [0.29, 0.717) is 24.0 Å². The molecular weight excluding hydrogens is 152 g/mol. The van der Waals surface area contributed by atoms with Gasteiger partial charge in [0.25, 0.3) is 0 Å². The third-order valence-corrected chi connectivity index (χ3v) is 2.87. The van der Waals surface area contributed by atoms with Gasteiger partial charge in [0, 0.05) is 13.2 Å². The molecule has 2 aliphatic heterocycles. The molecule has 70 valence electrons. The minimum absolute atomic E-state index is 0.393. The Morgan fingerprint density at radius 1 is 0.833 bits per heavy atom. The highest BCUT2D eigenvalue weighted by atomic mass is 16.5. The van der Waals surface area contributed by atoms with Gasteiger partial charge in [-0.05, 0) is 24.7 Å². The van der Waals surface area contributed by atoms with Gasteiger partial charge in [0.1, 0.15) is 0 Å². The molecular formula is C10H18O2. The molecule has 2 aliphatic rings. The van der Waals surface area contributed by atoms with Crippen LogP contribution in [0.15, 0.2) is 0 Å². The molecule has 0 saturated carbocycles. The summed E-state index contributed by atoms with van der Waals surface area (Å²) in [6, 6.07) is 0. The first-order chi connectivity index (χ1) is 5.75. The fourth-order valence-corrected chi connectivity index (χ4v) is 2.16. The molecule has 0 aromatic carbocycles. The summed E-state index contributed by atoms with van der Waals surface area (Å²) in [5.74, 6) is 1.36. The van der Waals surface area contributed by atoms with Crippen LogP contribution in [0.3, 0.4) is 0 Å². The Morgan fingerprint density at radius 3 is 1.67 bits per heavy atom. The highest BCUT2D eigenvalue weighted by molar-refractivity contribution is 4.83. The van der Waals surface area contributed by atoms with Crippen molar-refractivity contribution >= 4 is 0 Å². The number of hydrogen-bond donors (Lipinski definition) is 0. The molecule has 2 fully saturated rings. The highest BCUT2D eigenvalue weighted by Gasteiger charge is 2.34. The molecule has 2 heteroatoms. The zero-order valence-electron chi connectivity index (χ0n) is 7.95. The number of hydrogen-bond acceptors (Lipinski definition) is 2. The zero-order valence-corrected chi connectivity index (χ0v) is 7.95. The fraction of sp³-hybridized carbons (Fsp3) is 1.00. The van der Waals surface area contributed by atoms with Gasteiger partial charge in [-0.15, -0.1) is 0 Å². The molecule has 2 heterocycles. The Balaban J connectivity index is 1.94. The first-order valence-corrected chi connectivity index (χ1v) is 4.99. The monoisotopic (exact) mass is 170 g/mol. The van der Waals surface area contributed by atoms with Crippen molar-refractivity contribution in [3.05, 3.63) is 0 Å². The summed E-state index contributed by atoms with van der Waals surface area (Å²) in [4.78, 5) is 0. The maximum atomic E-state index is 5.74. The van der Waals surface area contributed by atoms with Gasteiger partial charge in [0.15, 0.2) is 0 Å². The van der Waals surface area contributed by atoms with Crippen LogP contribution >= 0.6 is 0 Å². The van der Waals surface area contributed by atoms with Crippen molar-refractivity contribution < 1.29 is 9.47 Å². The smallest absolute Gasteiger partial charge is 0.0840 e. The molecule has 0 N–H and O–H groups in total. The fourth-order valence-electron chi connectivity index (χ4n) is 2.16. The summed E-state index contributed by atoms with van der Waals surface area (Å²) in [5.41, 5.74) is 0. The third kappa shape index (κ3) is 1.64. The number of rotatable bonds is 0. The molecule has 0 bridgehead atoms. The third-order valence-electron chi connectivity index (χ3n) is 2.87. The van der Waals surface area contributed by atoms with Crippen molar-refractivity contribution in [1.82, 2.24) is 0 Å². The molecule has 2 nitrogen and oxygen atoms in total. The predicted octanol–water partition coefficient (Wildman–Crippen LogP) is 1.84. The van der Waals surface area contributed by atoms with Crippen molar-refractivity contribution in [1.29, 1.82) is 0 Å². The second-order valence-electron chi connectivity index (χ2n) is 4.43. The Labute approximate surface area is 74.2 Å². The van der Waals surface area contributed by atoms with Crippen molar-refractivity contribution in [2.75, 3.05) is 13.2 Å². The van der Waals surface area contributed by atoms with Crippen LogP contribution in [-0.2, 0) is 9.47 Å². The van der Waals surface area contributed by atoms with E-state index in [9.17, 15) is 0 Å². The van der Waals surface area contributed by atoms with E-state index in [2.05, 4.69) is 13.8 Å². The van der Waals surface area contributed by atoms with Crippen molar-refractivity contribution in [2.45, 2.75) is 38.9 Å². The molecule has 0 aliphatic carbocycles. The van der Waals surface area contributed by atoms with Crippen LogP contribution in [0.5, 0.6) is 0 Å². The quantitative estimate of drug-likeness (QED) is 0.552. The standard InChI is InChI=1S/C10H18O2/c1-7-3-9-10(11-5-7)4-8(2)6-12-9/h7-10H,3-6H2,1-2H3. The van der Waals surface area contributed by atoms with Gasteiger partial charge < -0.3 is 9.47 Å². The molecule has 12 heavy (non-hydrogen) atoms. The van der Waals surface area contributed by atoms with E-state index in [1.54, 1.807) is 0 Å². The summed E-state index contributed by atoms with van der Waals surface area (Å²) in [6.07, 6.45) is 3.17. The molecule has 2 saturated heterocycles. The normalized spacial score (nSPS) is 48.5. The van der Waals surface area contributed by atoms with Gasteiger partial charge in [-0.25, -0.2) is 0 Å². The van der Waals surface area contributed by atoms with Gasteiger partial charge in [-0.3, -0.25) is 0 Å². The molecule has 0 amide bonds. The van der Waals surface area contributed by atoms with Gasteiger partial charge in [-0.1, -0.05) is 13.8 Å². The number of ether oxygens (including phenoxy) is 2. The largest absolute Gasteiger partial charge is 0.375 e. The first-order valence-electron chi connectivity index (χ1n) is 4.99. The minimum atomic E-state index is 0.393. The van der Waals surface area contributed by atoms with E-state index in [4.69, 9.17) is 9.47 Å². The zero-order chi connectivity index (χ0) is 8.55. The van der Waals surface area contributed by atoms with E-state index in [-0.39, 0.29) is 0 Å². The number of fused-ring (bicyclic) bond motifs is 1. The molecule has 4 atom stereocenters. The van der Waals surface area contributed by atoms with Gasteiger partial charge in [0.05, 0.1) is 12.2 Å². The van der Waals surface area contributed by atoms with Crippen LogP contribution in [0.4, 0.5) is 0 Å². The Kier molecular flexibility index (Phi) is 2.37. The van der Waals surface area contributed by atoms with Crippen LogP contribution in [0, 0.1) is 11.8 Å². The van der Waals surface area contributed by atoms with Crippen molar-refractivity contribution in [3.63, 3.8) is 0 Å². The van der Waals surface area contributed by atoms with Crippen LogP contribution in [0.25, 0.3) is 0 Å². The van der Waals surface area contributed by atoms with Crippen molar-refractivity contribution in [3.8, 4) is 0 Å². The van der Waals surface area contributed by atoms with E-state index in [1.807, 2.05) is 0 Å². The topological polar surface area (TPSA) is 18.5 Å². The second kappa shape index (κ2) is 3.35. The second-order valence-corrected chi connectivity index (χ2v) is 4.43. The summed E-state index contributed by atoms with van der Waals surface area (Å²) in [5, 5.41) is 0. The van der Waals surface area contributed by atoms with E-state index >= 15 is 0 Å². The Bertz CT molecular complexity index is 140. The average molecular weight is 170 g/mol. The Morgan fingerprint density at radius 2 is 1.25 bits per heavy atom. The SMILES string of the molecule is CC1COC2CC(C)COC2C1. The molecule has 0 spiro atoms. The van der Waals surface area contributed by atoms with Crippen molar-refractivity contribution in [2.24, 2.45) is 11.8 Å². The van der Waals surface area contributed by atoms with E-state index in [0.717, 1.165) is 13.2 Å². The maximum Gasteiger partial charge on any atom is 0.0840 e. The molecule has 0 radical (unpaired) electrons. The summed E-state index contributed by atoms with van der Waals surface area (Å²) in [7, 11) is 0. The predicted molar refractivity (Wildman–Crippen MR) is 47.0 cm³/mol. The van der Waals surface area contributed by atoms with E-state index in [1.165, 1.54) is 12.8 Å².